The van der Waals surface area contributed by atoms with Crippen LogP contribution in [0.15, 0.2) is 22.7 Å². The molecule has 8 heteroatoms. The number of benzene rings is 1. The predicted octanol–water partition coefficient (Wildman–Crippen LogP) is 3.43. The predicted molar refractivity (Wildman–Crippen MR) is 65.0 cm³/mol. The molecule has 2 N–H and O–H groups in total. The molecule has 0 aromatic heterocycles. The van der Waals surface area contributed by atoms with Crippen molar-refractivity contribution in [2.75, 3.05) is 5.32 Å². The smallest absolute Gasteiger partial charge is 0.389 e. The highest BCUT2D eigenvalue weighted by atomic mass is 79.9. The maximum Gasteiger partial charge on any atom is 0.389 e. The average Bonchev–Trinajstić information content (AvgIpc) is 2.28. The number of carboxylic acid groups (broad SMARTS) is 1. The zero-order chi connectivity index (χ0) is 14.6. The van der Waals surface area contributed by atoms with E-state index in [2.05, 4.69) is 21.2 Å². The number of carbonyl (C=O) groups excluding carboxylic acids is 1. The Labute approximate surface area is 114 Å². The Morgan fingerprint density at radius 1 is 1.32 bits per heavy atom. The summed E-state index contributed by atoms with van der Waals surface area (Å²) in [6.07, 6.45) is -6.28. The van der Waals surface area contributed by atoms with Gasteiger partial charge in [-0.1, -0.05) is 0 Å². The van der Waals surface area contributed by atoms with E-state index in [9.17, 15) is 22.8 Å². The van der Waals surface area contributed by atoms with Crippen LogP contribution in [0.3, 0.4) is 0 Å². The van der Waals surface area contributed by atoms with Crippen molar-refractivity contribution in [1.29, 1.82) is 0 Å². The van der Waals surface area contributed by atoms with E-state index in [1.807, 2.05) is 0 Å². The first kappa shape index (κ1) is 15.5. The van der Waals surface area contributed by atoms with Crippen molar-refractivity contribution in [2.24, 2.45) is 0 Å². The van der Waals surface area contributed by atoms with Gasteiger partial charge in [0.05, 0.1) is 17.7 Å². The molecule has 1 amide bonds. The summed E-state index contributed by atoms with van der Waals surface area (Å²) in [5, 5.41) is 11.0. The second-order valence-corrected chi connectivity index (χ2v) is 4.52. The van der Waals surface area contributed by atoms with Gasteiger partial charge in [0.25, 0.3) is 0 Å². The van der Waals surface area contributed by atoms with Gasteiger partial charge in [0.1, 0.15) is 0 Å². The van der Waals surface area contributed by atoms with Gasteiger partial charge in [0.15, 0.2) is 0 Å². The lowest BCUT2D eigenvalue weighted by Gasteiger charge is -2.09. The van der Waals surface area contributed by atoms with E-state index < -0.39 is 30.9 Å². The summed E-state index contributed by atoms with van der Waals surface area (Å²) < 4.78 is 36.0. The number of alkyl halides is 3. The van der Waals surface area contributed by atoms with Gasteiger partial charge in [-0.25, -0.2) is 4.79 Å². The van der Waals surface area contributed by atoms with Gasteiger partial charge in [0, 0.05) is 10.9 Å². The third-order valence-electron chi connectivity index (χ3n) is 2.13. The number of hydrogen-bond acceptors (Lipinski definition) is 2. The molecule has 1 aromatic rings. The molecule has 4 nitrogen and oxygen atoms in total. The minimum atomic E-state index is -4.39. The molecule has 0 aliphatic heterocycles. The van der Waals surface area contributed by atoms with Crippen LogP contribution in [-0.2, 0) is 4.79 Å². The van der Waals surface area contributed by atoms with Crippen LogP contribution in [0.5, 0.6) is 0 Å². The van der Waals surface area contributed by atoms with E-state index in [1.54, 1.807) is 0 Å². The van der Waals surface area contributed by atoms with Crippen LogP contribution in [-0.4, -0.2) is 23.2 Å². The van der Waals surface area contributed by atoms with Crippen molar-refractivity contribution in [1.82, 2.24) is 0 Å². The first-order chi connectivity index (χ1) is 8.69. The summed E-state index contributed by atoms with van der Waals surface area (Å²) in [5.41, 5.74) is 0.220. The highest BCUT2D eigenvalue weighted by Crippen LogP contribution is 2.25. The molecule has 104 valence electrons. The summed E-state index contributed by atoms with van der Waals surface area (Å²) in [7, 11) is 0. The van der Waals surface area contributed by atoms with E-state index in [1.165, 1.54) is 18.2 Å². The molecule has 0 spiro atoms. The van der Waals surface area contributed by atoms with Crippen molar-refractivity contribution in [3.8, 4) is 0 Å². The molecule has 0 aliphatic carbocycles. The fourth-order valence-corrected chi connectivity index (χ4v) is 1.70. The third kappa shape index (κ3) is 5.29. The molecule has 0 radical (unpaired) electrons. The molecule has 1 rings (SSSR count). The van der Waals surface area contributed by atoms with Gasteiger partial charge in [-0.3, -0.25) is 4.79 Å². The third-order valence-corrected chi connectivity index (χ3v) is 2.78. The number of aromatic carboxylic acids is 1. The van der Waals surface area contributed by atoms with Crippen LogP contribution in [0.25, 0.3) is 0 Å². The minimum absolute atomic E-state index is 0.000153. The molecule has 0 saturated heterocycles. The topological polar surface area (TPSA) is 66.4 Å². The minimum Gasteiger partial charge on any atom is -0.478 e. The molecule has 1 aromatic carbocycles. The van der Waals surface area contributed by atoms with E-state index in [4.69, 9.17) is 5.11 Å². The standard InChI is InChI=1S/C11H9BrF3NO3/c12-7-5-6(10(18)19)1-2-8(7)16-9(17)3-4-11(13,14)15/h1-2,5H,3-4H2,(H,16,17)(H,18,19). The summed E-state index contributed by atoms with van der Waals surface area (Å²) in [6.45, 7) is 0. The van der Waals surface area contributed by atoms with Gasteiger partial charge in [-0.15, -0.1) is 0 Å². The molecular weight excluding hydrogens is 331 g/mol. The molecule has 0 atom stereocenters. The number of amides is 1. The highest BCUT2D eigenvalue weighted by molar-refractivity contribution is 9.10. The Morgan fingerprint density at radius 2 is 1.95 bits per heavy atom. The number of halogens is 4. The van der Waals surface area contributed by atoms with E-state index in [-0.39, 0.29) is 15.7 Å². The second-order valence-electron chi connectivity index (χ2n) is 3.66. The second kappa shape index (κ2) is 6.05. The van der Waals surface area contributed by atoms with Crippen molar-refractivity contribution in [2.45, 2.75) is 19.0 Å². The molecule has 0 bridgehead atoms. The summed E-state index contributed by atoms with van der Waals surface area (Å²) >= 11 is 3.03. The zero-order valence-corrected chi connectivity index (χ0v) is 11.0. The van der Waals surface area contributed by atoms with Crippen LogP contribution in [0.1, 0.15) is 23.2 Å². The van der Waals surface area contributed by atoms with Crippen molar-refractivity contribution < 1.29 is 27.9 Å². The molecule has 19 heavy (non-hydrogen) atoms. The van der Waals surface area contributed by atoms with Gasteiger partial charge in [-0.05, 0) is 34.1 Å². The van der Waals surface area contributed by atoms with Gasteiger partial charge in [0.2, 0.25) is 5.91 Å². The number of carbonyl (C=O) groups is 2. The van der Waals surface area contributed by atoms with Gasteiger partial charge in [-0.2, -0.15) is 13.2 Å². The zero-order valence-electron chi connectivity index (χ0n) is 9.42. The lowest BCUT2D eigenvalue weighted by atomic mass is 10.2. The number of nitrogens with one attached hydrogen (secondary N) is 1. The van der Waals surface area contributed by atoms with Gasteiger partial charge < -0.3 is 10.4 Å². The average molecular weight is 340 g/mol. The van der Waals surface area contributed by atoms with Crippen molar-refractivity contribution >= 4 is 33.5 Å². The molecule has 0 fully saturated rings. The number of hydrogen-bond donors (Lipinski definition) is 2. The largest absolute Gasteiger partial charge is 0.478 e. The number of anilines is 1. The fourth-order valence-electron chi connectivity index (χ4n) is 1.22. The van der Waals surface area contributed by atoms with Crippen LogP contribution in [0, 0.1) is 0 Å². The lowest BCUT2D eigenvalue weighted by Crippen LogP contribution is -2.16. The monoisotopic (exact) mass is 339 g/mol. The van der Waals surface area contributed by atoms with Crippen molar-refractivity contribution in [3.05, 3.63) is 28.2 Å². The Kier molecular flexibility index (Phi) is 4.93. The molecule has 0 saturated carbocycles. The normalized spacial score (nSPS) is 11.2. The number of carboxylic acids is 1. The van der Waals surface area contributed by atoms with E-state index in [0.717, 1.165) is 0 Å². The summed E-state index contributed by atoms with van der Waals surface area (Å²) in [5.74, 6) is -1.93. The van der Waals surface area contributed by atoms with Crippen molar-refractivity contribution in [3.63, 3.8) is 0 Å². The Morgan fingerprint density at radius 3 is 2.42 bits per heavy atom. The Balaban J connectivity index is 2.67. The van der Waals surface area contributed by atoms with Gasteiger partial charge >= 0.3 is 12.1 Å². The first-order valence-electron chi connectivity index (χ1n) is 5.08. The van der Waals surface area contributed by atoms with Crippen LogP contribution in [0.2, 0.25) is 0 Å². The Hall–Kier alpha value is -1.57. The summed E-state index contributed by atoms with van der Waals surface area (Å²) in [6, 6.07) is 3.80. The van der Waals surface area contributed by atoms with Crippen LogP contribution in [0.4, 0.5) is 18.9 Å². The quantitative estimate of drug-likeness (QED) is 0.883. The summed E-state index contributed by atoms with van der Waals surface area (Å²) in [4.78, 5) is 21.9. The fraction of sp³-hybridized carbons (Fsp3) is 0.273. The van der Waals surface area contributed by atoms with Crippen LogP contribution < -0.4 is 5.32 Å². The highest BCUT2D eigenvalue weighted by Gasteiger charge is 2.27. The van der Waals surface area contributed by atoms with Crippen LogP contribution >= 0.6 is 15.9 Å². The maximum absolute atomic E-state index is 11.9. The lowest BCUT2D eigenvalue weighted by molar-refractivity contribution is -0.142. The maximum atomic E-state index is 11.9. The molecular formula is C11H9BrF3NO3. The molecule has 0 heterocycles. The Bertz CT molecular complexity index is 502. The van der Waals surface area contributed by atoms with E-state index in [0.29, 0.717) is 0 Å². The molecule has 0 unspecified atom stereocenters. The SMILES string of the molecule is O=C(CCC(F)(F)F)Nc1ccc(C(=O)O)cc1Br. The first-order valence-corrected chi connectivity index (χ1v) is 5.88. The number of rotatable bonds is 4. The van der Waals surface area contributed by atoms with E-state index >= 15 is 0 Å². The molecule has 0 aliphatic rings.